The molecule has 0 fully saturated rings. The van der Waals surface area contributed by atoms with E-state index in [2.05, 4.69) is 21.7 Å². The molecule has 2 rings (SSSR count). The van der Waals surface area contributed by atoms with E-state index in [0.29, 0.717) is 0 Å². The van der Waals surface area contributed by atoms with E-state index in [1.165, 1.54) is 9.75 Å². The molecule has 0 aromatic carbocycles. The molecule has 0 amide bonds. The quantitative estimate of drug-likeness (QED) is 0.832. The van der Waals surface area contributed by atoms with Crippen LogP contribution in [0.5, 0.6) is 0 Å². The fraction of sp³-hybridized carbons (Fsp3) is 0.364. The van der Waals surface area contributed by atoms with E-state index in [9.17, 15) is 0 Å². The smallest absolute Gasteiger partial charge is 0.0794 e. The Hall–Kier alpha value is -0.750. The van der Waals surface area contributed by atoms with Crippen LogP contribution < -0.4 is 5.32 Å². The lowest BCUT2D eigenvalue weighted by Crippen LogP contribution is -2.20. The molecule has 0 saturated heterocycles. The Morgan fingerprint density at radius 2 is 2.38 bits per heavy atom. The van der Waals surface area contributed by atoms with Gasteiger partial charge < -0.3 is 10.4 Å². The molecule has 2 heterocycles. The fourth-order valence-corrected chi connectivity index (χ4v) is 2.90. The van der Waals surface area contributed by atoms with Crippen LogP contribution in [0.3, 0.4) is 0 Å². The summed E-state index contributed by atoms with van der Waals surface area (Å²) in [4.78, 5) is 6.54. The molecule has 0 saturated carbocycles. The van der Waals surface area contributed by atoms with Gasteiger partial charge in [0, 0.05) is 35.1 Å². The first kappa shape index (κ1) is 11.7. The van der Waals surface area contributed by atoms with Crippen molar-refractivity contribution < 1.29 is 5.11 Å². The zero-order valence-corrected chi connectivity index (χ0v) is 10.4. The number of hydrogen-bond donors (Lipinski definition) is 2. The Morgan fingerprint density at radius 1 is 1.44 bits per heavy atom. The summed E-state index contributed by atoms with van der Waals surface area (Å²) in [5, 5.41) is 14.6. The molecular weight excluding hydrogens is 240 g/mol. The van der Waals surface area contributed by atoms with E-state index in [1.54, 1.807) is 22.7 Å². The van der Waals surface area contributed by atoms with E-state index in [4.69, 9.17) is 5.11 Å². The van der Waals surface area contributed by atoms with Gasteiger partial charge in [-0.15, -0.1) is 22.7 Å². The number of aliphatic hydroxyl groups excluding tert-OH is 1. The molecule has 2 aromatic rings. The van der Waals surface area contributed by atoms with Crippen molar-refractivity contribution in [2.75, 3.05) is 6.61 Å². The van der Waals surface area contributed by atoms with E-state index < -0.39 is 0 Å². The van der Waals surface area contributed by atoms with Crippen LogP contribution in [0.1, 0.15) is 22.2 Å². The third-order valence-corrected chi connectivity index (χ3v) is 4.08. The zero-order valence-electron chi connectivity index (χ0n) is 8.80. The number of thiazole rings is 1. The lowest BCUT2D eigenvalue weighted by Gasteiger charge is -2.15. The van der Waals surface area contributed by atoms with Crippen LogP contribution >= 0.6 is 22.7 Å². The first-order valence-corrected chi connectivity index (χ1v) is 6.91. The molecule has 5 heteroatoms. The minimum Gasteiger partial charge on any atom is -0.396 e. The Kier molecular flexibility index (Phi) is 4.47. The largest absolute Gasteiger partial charge is 0.396 e. The maximum Gasteiger partial charge on any atom is 0.0794 e. The van der Waals surface area contributed by atoms with Crippen LogP contribution in [-0.2, 0) is 6.54 Å². The second-order valence-electron chi connectivity index (χ2n) is 3.43. The van der Waals surface area contributed by atoms with Crippen LogP contribution in [-0.4, -0.2) is 16.7 Å². The van der Waals surface area contributed by atoms with Gasteiger partial charge in [0.2, 0.25) is 0 Å². The second-order valence-corrected chi connectivity index (χ2v) is 5.38. The molecular formula is C11H14N2OS2. The maximum atomic E-state index is 9.05. The first-order valence-electron chi connectivity index (χ1n) is 5.15. The van der Waals surface area contributed by atoms with E-state index in [1.807, 2.05) is 17.8 Å². The monoisotopic (exact) mass is 254 g/mol. The molecule has 0 aliphatic carbocycles. The predicted molar refractivity (Wildman–Crippen MR) is 67.7 cm³/mol. The summed E-state index contributed by atoms with van der Waals surface area (Å²) in [5.41, 5.74) is 1.84. The van der Waals surface area contributed by atoms with E-state index >= 15 is 0 Å². The van der Waals surface area contributed by atoms with Crippen molar-refractivity contribution in [2.45, 2.75) is 19.0 Å². The number of thiophene rings is 1. The zero-order chi connectivity index (χ0) is 11.2. The summed E-state index contributed by atoms with van der Waals surface area (Å²) in [6, 6.07) is 4.38. The molecule has 3 nitrogen and oxygen atoms in total. The molecule has 0 aliphatic rings. The highest BCUT2D eigenvalue weighted by Crippen LogP contribution is 2.22. The number of rotatable bonds is 6. The summed E-state index contributed by atoms with van der Waals surface area (Å²) < 4.78 is 0. The Bertz CT molecular complexity index is 386. The van der Waals surface area contributed by atoms with Gasteiger partial charge in [-0.1, -0.05) is 6.07 Å². The molecule has 1 atom stereocenters. The van der Waals surface area contributed by atoms with E-state index in [-0.39, 0.29) is 12.6 Å². The van der Waals surface area contributed by atoms with Crippen molar-refractivity contribution >= 4 is 22.7 Å². The Morgan fingerprint density at radius 3 is 3.00 bits per heavy atom. The summed E-state index contributed by atoms with van der Waals surface area (Å²) in [7, 11) is 0. The van der Waals surface area contributed by atoms with Gasteiger partial charge in [-0.25, -0.2) is 0 Å². The van der Waals surface area contributed by atoms with Crippen LogP contribution in [0.2, 0.25) is 0 Å². The van der Waals surface area contributed by atoms with Crippen LogP contribution in [0.4, 0.5) is 0 Å². The van der Waals surface area contributed by atoms with Gasteiger partial charge in [0.05, 0.1) is 5.51 Å². The van der Waals surface area contributed by atoms with Crippen molar-refractivity contribution in [3.8, 4) is 0 Å². The number of aliphatic hydroxyl groups is 1. The molecule has 2 N–H and O–H groups in total. The van der Waals surface area contributed by atoms with Gasteiger partial charge in [0.15, 0.2) is 0 Å². The highest BCUT2D eigenvalue weighted by atomic mass is 32.1. The predicted octanol–water partition coefficient (Wildman–Crippen LogP) is 2.42. The average Bonchev–Trinajstić information content (AvgIpc) is 2.96. The van der Waals surface area contributed by atoms with Crippen molar-refractivity contribution in [3.05, 3.63) is 39.0 Å². The summed E-state index contributed by atoms with van der Waals surface area (Å²) >= 11 is 3.37. The van der Waals surface area contributed by atoms with E-state index in [0.717, 1.165) is 13.0 Å². The maximum absolute atomic E-state index is 9.05. The van der Waals surface area contributed by atoms with Crippen LogP contribution in [0.25, 0.3) is 0 Å². The van der Waals surface area contributed by atoms with Gasteiger partial charge in [-0.3, -0.25) is 4.98 Å². The van der Waals surface area contributed by atoms with Crippen molar-refractivity contribution in [1.82, 2.24) is 10.3 Å². The van der Waals surface area contributed by atoms with Crippen LogP contribution in [0.15, 0.2) is 29.2 Å². The molecule has 0 radical (unpaired) electrons. The third-order valence-electron chi connectivity index (χ3n) is 2.31. The summed E-state index contributed by atoms with van der Waals surface area (Å²) in [6.07, 6.45) is 2.63. The van der Waals surface area contributed by atoms with Crippen molar-refractivity contribution in [2.24, 2.45) is 0 Å². The number of aromatic nitrogens is 1. The van der Waals surface area contributed by atoms with Gasteiger partial charge in [0.25, 0.3) is 0 Å². The molecule has 0 aliphatic heterocycles. The minimum absolute atomic E-state index is 0.207. The highest BCUT2D eigenvalue weighted by molar-refractivity contribution is 7.10. The molecule has 86 valence electrons. The van der Waals surface area contributed by atoms with Gasteiger partial charge in [-0.2, -0.15) is 0 Å². The normalized spacial score (nSPS) is 12.8. The Labute approximate surface area is 103 Å². The lowest BCUT2D eigenvalue weighted by atomic mass is 10.2. The topological polar surface area (TPSA) is 45.1 Å². The highest BCUT2D eigenvalue weighted by Gasteiger charge is 2.11. The number of nitrogens with one attached hydrogen (secondary N) is 1. The summed E-state index contributed by atoms with van der Waals surface area (Å²) in [5.74, 6) is 0. The third kappa shape index (κ3) is 3.12. The lowest BCUT2D eigenvalue weighted by molar-refractivity contribution is 0.266. The number of hydrogen-bond acceptors (Lipinski definition) is 5. The van der Waals surface area contributed by atoms with Gasteiger partial charge in [-0.05, 0) is 17.9 Å². The number of nitrogens with zero attached hydrogens (tertiary/aromatic N) is 1. The molecule has 2 aromatic heterocycles. The first-order chi connectivity index (χ1) is 7.90. The average molecular weight is 254 g/mol. The standard InChI is InChI=1S/C11H14N2OS2/c14-4-3-10(11-2-1-5-15-11)13-7-9-6-12-8-16-9/h1-2,5-6,8,10,13-14H,3-4,7H2. The molecule has 0 bridgehead atoms. The molecule has 16 heavy (non-hydrogen) atoms. The minimum atomic E-state index is 0.207. The second kappa shape index (κ2) is 6.10. The van der Waals surface area contributed by atoms with Gasteiger partial charge >= 0.3 is 0 Å². The van der Waals surface area contributed by atoms with Gasteiger partial charge in [0.1, 0.15) is 0 Å². The fourth-order valence-electron chi connectivity index (χ4n) is 1.52. The molecule has 1 unspecified atom stereocenters. The Balaban J connectivity index is 1.93. The van der Waals surface area contributed by atoms with Crippen LogP contribution in [0, 0.1) is 0 Å². The summed E-state index contributed by atoms with van der Waals surface area (Å²) in [6.45, 7) is 1.02. The molecule has 0 spiro atoms. The van der Waals surface area contributed by atoms with Crippen molar-refractivity contribution in [3.63, 3.8) is 0 Å². The SMILES string of the molecule is OCCC(NCc1cncs1)c1cccs1. The van der Waals surface area contributed by atoms with Crippen molar-refractivity contribution in [1.29, 1.82) is 0 Å².